The Balaban J connectivity index is 1.43. The van der Waals surface area contributed by atoms with Crippen molar-refractivity contribution in [3.05, 3.63) is 28.0 Å². The first kappa shape index (κ1) is 19.2. The fourth-order valence-electron chi connectivity index (χ4n) is 4.17. The third kappa shape index (κ3) is 2.91. The molecule has 2 atom stereocenters. The summed E-state index contributed by atoms with van der Waals surface area (Å²) in [6.07, 6.45) is 0.432. The van der Waals surface area contributed by atoms with Gasteiger partial charge in [-0.2, -0.15) is 0 Å². The average molecular weight is 435 g/mol. The molecule has 2 aromatic heterocycles. The van der Waals surface area contributed by atoms with E-state index in [4.69, 9.17) is 5.11 Å². The second-order valence-corrected chi connectivity index (χ2v) is 8.99. The fraction of sp³-hybridized carbons (Fsp3) is 0.474. The van der Waals surface area contributed by atoms with Crippen molar-refractivity contribution in [3.8, 4) is 10.6 Å². The van der Waals surface area contributed by atoms with Crippen LogP contribution >= 0.6 is 11.3 Å². The Hall–Kier alpha value is -2.82. The van der Waals surface area contributed by atoms with Crippen LogP contribution in [0.15, 0.2) is 6.20 Å². The van der Waals surface area contributed by atoms with E-state index in [1.165, 1.54) is 11.3 Å². The van der Waals surface area contributed by atoms with Crippen molar-refractivity contribution < 1.29 is 23.5 Å². The SMILES string of the molecule is Cc1c(-c2nc(N[C@H]3CCN(C(=O)O)C[C@H]3F)ncc2F)sc2c1C(=O)NC21CC1. The molecular formula is C19H19F2N5O3S. The summed E-state index contributed by atoms with van der Waals surface area (Å²) in [4.78, 5) is 34.1. The number of likely N-dealkylation sites (tertiary alicyclic amines) is 1. The van der Waals surface area contributed by atoms with Crippen LogP contribution < -0.4 is 10.6 Å². The third-order valence-electron chi connectivity index (χ3n) is 6.00. The molecule has 1 saturated heterocycles. The molecule has 3 N–H and O–H groups in total. The number of anilines is 1. The summed E-state index contributed by atoms with van der Waals surface area (Å²) in [7, 11) is 0. The predicted molar refractivity (Wildman–Crippen MR) is 105 cm³/mol. The molecule has 0 radical (unpaired) electrons. The number of fused-ring (bicyclic) bond motifs is 2. The molecule has 2 aliphatic heterocycles. The Morgan fingerprint density at radius 3 is 2.90 bits per heavy atom. The Bertz CT molecular complexity index is 1070. The van der Waals surface area contributed by atoms with Crippen LogP contribution in [0.1, 0.15) is 40.1 Å². The van der Waals surface area contributed by atoms with E-state index < -0.39 is 24.1 Å². The minimum absolute atomic E-state index is 0.0707. The van der Waals surface area contributed by atoms with Crippen LogP contribution in [-0.4, -0.2) is 57.3 Å². The Morgan fingerprint density at radius 2 is 2.23 bits per heavy atom. The molecule has 158 valence electrons. The van der Waals surface area contributed by atoms with Crippen molar-refractivity contribution >= 4 is 29.3 Å². The van der Waals surface area contributed by atoms with Crippen molar-refractivity contribution in [2.45, 2.75) is 43.9 Å². The van der Waals surface area contributed by atoms with Crippen LogP contribution in [0.2, 0.25) is 0 Å². The summed E-state index contributed by atoms with van der Waals surface area (Å²) in [6, 6.07) is -0.672. The maximum Gasteiger partial charge on any atom is 0.407 e. The van der Waals surface area contributed by atoms with Crippen molar-refractivity contribution in [1.82, 2.24) is 20.2 Å². The van der Waals surface area contributed by atoms with Gasteiger partial charge in [-0.3, -0.25) is 4.79 Å². The first-order valence-corrected chi connectivity index (χ1v) is 10.5. The van der Waals surface area contributed by atoms with Gasteiger partial charge < -0.3 is 20.6 Å². The van der Waals surface area contributed by atoms with Gasteiger partial charge in [0.05, 0.1) is 34.8 Å². The van der Waals surface area contributed by atoms with Crippen LogP contribution in [0, 0.1) is 12.7 Å². The van der Waals surface area contributed by atoms with Crippen LogP contribution in [0.25, 0.3) is 10.6 Å². The van der Waals surface area contributed by atoms with Gasteiger partial charge in [-0.25, -0.2) is 23.5 Å². The molecule has 2 fully saturated rings. The molecule has 8 nitrogen and oxygen atoms in total. The van der Waals surface area contributed by atoms with E-state index in [1.807, 2.05) is 0 Å². The molecule has 3 aliphatic rings. The van der Waals surface area contributed by atoms with E-state index in [0.717, 1.165) is 28.8 Å². The number of nitrogens with one attached hydrogen (secondary N) is 2. The zero-order chi connectivity index (χ0) is 21.2. The monoisotopic (exact) mass is 435 g/mol. The van der Waals surface area contributed by atoms with Gasteiger partial charge in [-0.15, -0.1) is 11.3 Å². The quantitative estimate of drug-likeness (QED) is 0.684. The largest absolute Gasteiger partial charge is 0.465 e. The highest BCUT2D eigenvalue weighted by Crippen LogP contribution is 2.55. The number of halogens is 2. The number of aromatic nitrogens is 2. The second kappa shape index (κ2) is 6.59. The normalized spacial score (nSPS) is 24.0. The number of rotatable bonds is 3. The van der Waals surface area contributed by atoms with Crippen LogP contribution in [0.3, 0.4) is 0 Å². The highest BCUT2D eigenvalue weighted by atomic mass is 32.1. The van der Waals surface area contributed by atoms with Crippen molar-refractivity contribution in [1.29, 1.82) is 0 Å². The first-order chi connectivity index (χ1) is 14.3. The number of hydrogen-bond acceptors (Lipinski definition) is 6. The molecule has 1 spiro atoms. The summed E-state index contributed by atoms with van der Waals surface area (Å²) in [5.41, 5.74) is 1.05. The number of carbonyl (C=O) groups is 2. The van der Waals surface area contributed by atoms with Crippen molar-refractivity contribution in [3.63, 3.8) is 0 Å². The van der Waals surface area contributed by atoms with Gasteiger partial charge in [-0.1, -0.05) is 0 Å². The van der Waals surface area contributed by atoms with E-state index in [-0.39, 0.29) is 42.6 Å². The average Bonchev–Trinajstić information content (AvgIpc) is 3.31. The van der Waals surface area contributed by atoms with Gasteiger partial charge in [0.15, 0.2) is 5.82 Å². The van der Waals surface area contributed by atoms with E-state index in [9.17, 15) is 18.4 Å². The zero-order valence-electron chi connectivity index (χ0n) is 16.0. The lowest BCUT2D eigenvalue weighted by Gasteiger charge is -2.33. The molecule has 30 heavy (non-hydrogen) atoms. The Morgan fingerprint density at radius 1 is 1.47 bits per heavy atom. The predicted octanol–water partition coefficient (Wildman–Crippen LogP) is 2.89. The number of alkyl halides is 1. The number of amides is 2. The minimum atomic E-state index is -1.43. The summed E-state index contributed by atoms with van der Waals surface area (Å²) in [5.74, 6) is -0.687. The zero-order valence-corrected chi connectivity index (χ0v) is 16.9. The highest BCUT2D eigenvalue weighted by molar-refractivity contribution is 7.16. The van der Waals surface area contributed by atoms with Crippen LogP contribution in [0.5, 0.6) is 0 Å². The van der Waals surface area contributed by atoms with Gasteiger partial charge in [0, 0.05) is 11.4 Å². The van der Waals surface area contributed by atoms with E-state index >= 15 is 0 Å². The molecule has 0 unspecified atom stereocenters. The molecule has 11 heteroatoms. The van der Waals surface area contributed by atoms with Crippen molar-refractivity contribution in [2.24, 2.45) is 0 Å². The molecule has 1 aliphatic carbocycles. The van der Waals surface area contributed by atoms with Crippen LogP contribution in [-0.2, 0) is 5.54 Å². The van der Waals surface area contributed by atoms with Gasteiger partial charge in [0.25, 0.3) is 5.91 Å². The number of thiophene rings is 1. The molecular weight excluding hydrogens is 416 g/mol. The number of hydrogen-bond donors (Lipinski definition) is 3. The number of piperidine rings is 1. The van der Waals surface area contributed by atoms with E-state index in [1.54, 1.807) is 6.92 Å². The smallest absolute Gasteiger partial charge is 0.407 e. The molecule has 2 aromatic rings. The maximum absolute atomic E-state index is 14.6. The fourth-order valence-corrected chi connectivity index (χ4v) is 5.66. The van der Waals surface area contributed by atoms with Gasteiger partial charge >= 0.3 is 6.09 Å². The standard InChI is InChI=1S/C19H19F2N5O3S/c1-8-12-15(19(3-4-19)25-16(12)27)30-14(8)13-9(20)6-22-17(24-13)23-11-2-5-26(18(28)29)7-10(11)21/h6,10-11H,2-5,7H2,1H3,(H,25,27)(H,28,29)(H,22,23,24)/t10-,11+/m1/s1. The first-order valence-electron chi connectivity index (χ1n) is 9.67. The van der Waals surface area contributed by atoms with E-state index in [2.05, 4.69) is 20.6 Å². The lowest BCUT2D eigenvalue weighted by Crippen LogP contribution is -2.49. The van der Waals surface area contributed by atoms with Crippen molar-refractivity contribution in [2.75, 3.05) is 18.4 Å². The molecule has 5 rings (SSSR count). The number of nitrogens with zero attached hydrogens (tertiary/aromatic N) is 3. The third-order valence-corrected chi connectivity index (χ3v) is 7.50. The number of carboxylic acid groups (broad SMARTS) is 1. The minimum Gasteiger partial charge on any atom is -0.465 e. The summed E-state index contributed by atoms with van der Waals surface area (Å²) < 4.78 is 29.0. The highest BCUT2D eigenvalue weighted by Gasteiger charge is 2.54. The Labute approximate surface area is 174 Å². The molecule has 2 amide bonds. The molecule has 4 heterocycles. The second-order valence-electron chi connectivity index (χ2n) is 7.97. The summed E-state index contributed by atoms with van der Waals surface area (Å²) in [6.45, 7) is 1.73. The topological polar surface area (TPSA) is 107 Å². The molecule has 1 saturated carbocycles. The van der Waals surface area contributed by atoms with E-state index in [0.29, 0.717) is 16.0 Å². The Kier molecular flexibility index (Phi) is 4.21. The summed E-state index contributed by atoms with van der Waals surface area (Å²) in [5, 5.41) is 14.9. The summed E-state index contributed by atoms with van der Waals surface area (Å²) >= 11 is 1.36. The van der Waals surface area contributed by atoms with Gasteiger partial charge in [-0.05, 0) is 31.7 Å². The lowest BCUT2D eigenvalue weighted by atomic mass is 10.0. The van der Waals surface area contributed by atoms with Gasteiger partial charge in [0.1, 0.15) is 11.9 Å². The molecule has 0 aromatic carbocycles. The molecule has 0 bridgehead atoms. The van der Waals surface area contributed by atoms with Gasteiger partial charge in [0.2, 0.25) is 5.95 Å². The lowest BCUT2D eigenvalue weighted by molar-refractivity contribution is 0.0951. The number of carbonyl (C=O) groups excluding carboxylic acids is 1. The maximum atomic E-state index is 14.6. The van der Waals surface area contributed by atoms with Crippen LogP contribution in [0.4, 0.5) is 19.5 Å².